The van der Waals surface area contributed by atoms with Gasteiger partial charge in [-0.3, -0.25) is 4.79 Å². The van der Waals surface area contributed by atoms with E-state index in [2.05, 4.69) is 33.9 Å². The second-order valence-electron chi connectivity index (χ2n) is 14.4. The van der Waals surface area contributed by atoms with Crippen molar-refractivity contribution in [1.82, 2.24) is 0 Å². The lowest BCUT2D eigenvalue weighted by Crippen LogP contribution is -2.44. The van der Waals surface area contributed by atoms with Crippen molar-refractivity contribution < 1.29 is 37.3 Å². The van der Waals surface area contributed by atoms with Crippen molar-refractivity contribution in [3.05, 3.63) is 41.7 Å². The molecule has 1 aliphatic rings. The van der Waals surface area contributed by atoms with Gasteiger partial charge < -0.3 is 28.1 Å². The van der Waals surface area contributed by atoms with E-state index in [0.29, 0.717) is 6.42 Å². The molecule has 0 N–H and O–H groups in total. The second-order valence-corrected chi connectivity index (χ2v) is 19.1. The quantitative estimate of drug-likeness (QED) is 0.166. The number of esters is 1. The Morgan fingerprint density at radius 1 is 1.07 bits per heavy atom. The minimum Gasteiger partial charge on any atom is -0.497 e. The molecule has 0 spiro atoms. The van der Waals surface area contributed by atoms with Gasteiger partial charge in [-0.05, 0) is 83.4 Å². The Balaban J connectivity index is 2.32. The van der Waals surface area contributed by atoms with Gasteiger partial charge in [-0.15, -0.1) is 0 Å². The van der Waals surface area contributed by atoms with Crippen LogP contribution >= 0.6 is 0 Å². The fraction of sp³-hybridized carbons (Fsp3) is 0.727. The summed E-state index contributed by atoms with van der Waals surface area (Å²) in [5.41, 5.74) is 0.245. The van der Waals surface area contributed by atoms with Gasteiger partial charge in [-0.1, -0.05) is 39.8 Å². The summed E-state index contributed by atoms with van der Waals surface area (Å²) in [5.74, 6) is -1.20. The van der Waals surface area contributed by atoms with Gasteiger partial charge in [0.25, 0.3) is 0 Å². The molecule has 9 heteroatoms. The Kier molecular flexibility index (Phi) is 12.4. The molecule has 5 atom stereocenters. The third-order valence-corrected chi connectivity index (χ3v) is 12.7. The molecular formula is C33H55FO7Si. The number of carbonyl (C=O) groups excluding carboxylic acids is 1. The van der Waals surface area contributed by atoms with E-state index in [1.54, 1.807) is 47.8 Å². The maximum absolute atomic E-state index is 16.3. The molecule has 1 aliphatic heterocycles. The molecule has 1 fully saturated rings. The third-order valence-electron chi connectivity index (χ3n) is 8.08. The number of carbonyl (C=O) groups is 1. The molecule has 0 bridgehead atoms. The van der Waals surface area contributed by atoms with Gasteiger partial charge in [0.15, 0.2) is 14.1 Å². The van der Waals surface area contributed by atoms with Crippen LogP contribution in [0.5, 0.6) is 5.75 Å². The monoisotopic (exact) mass is 610 g/mol. The molecule has 1 aromatic rings. The molecule has 0 aromatic heterocycles. The summed E-state index contributed by atoms with van der Waals surface area (Å²) in [5, 5.41) is 0.0392. The normalized spacial score (nSPS) is 22.0. The van der Waals surface area contributed by atoms with Crippen molar-refractivity contribution in [2.75, 3.05) is 13.7 Å². The number of methoxy groups -OCH3 is 1. The topological polar surface area (TPSA) is 72.5 Å². The highest BCUT2D eigenvalue weighted by Gasteiger charge is 2.47. The van der Waals surface area contributed by atoms with Crippen molar-refractivity contribution in [3.8, 4) is 5.75 Å². The molecule has 2 rings (SSSR count). The van der Waals surface area contributed by atoms with E-state index in [0.717, 1.165) is 11.3 Å². The third kappa shape index (κ3) is 10.4. The van der Waals surface area contributed by atoms with Crippen molar-refractivity contribution in [2.45, 2.75) is 131 Å². The summed E-state index contributed by atoms with van der Waals surface area (Å²) in [6.45, 7) is 24.2. The number of hydrogen-bond donors (Lipinski definition) is 0. The van der Waals surface area contributed by atoms with Crippen LogP contribution in [0, 0.1) is 11.3 Å². The Morgan fingerprint density at radius 2 is 1.67 bits per heavy atom. The van der Waals surface area contributed by atoms with Gasteiger partial charge in [-0.25, -0.2) is 4.39 Å². The summed E-state index contributed by atoms with van der Waals surface area (Å²) in [6, 6.07) is 7.45. The van der Waals surface area contributed by atoms with Gasteiger partial charge in [-0.2, -0.15) is 0 Å². The first-order valence-corrected chi connectivity index (χ1v) is 17.9. The average Bonchev–Trinajstić information content (AvgIpc) is 3.16. The van der Waals surface area contributed by atoms with E-state index in [-0.39, 0.29) is 36.2 Å². The van der Waals surface area contributed by atoms with Crippen molar-refractivity contribution in [3.63, 3.8) is 0 Å². The van der Waals surface area contributed by atoms with Crippen LogP contribution in [-0.2, 0) is 34.8 Å². The van der Waals surface area contributed by atoms with Crippen LogP contribution in [0.3, 0.4) is 0 Å². The fourth-order valence-electron chi connectivity index (χ4n) is 4.30. The standard InChI is InChI=1S/C33H55FO7Si/c1-22(23(2)41-42(12,13)32(6,7)8)20-26(34)28(38-21-24-14-16-25(36-11)17-15-24)29-27(39-33(9,10)40-29)18-19-37-30(35)31(3,4)5/h14-17,20,22-23,27-29H,18-19,21H2,1-13H3/t22-,23-,27+,28?,29+/m1/s1. The molecule has 1 heterocycles. The molecule has 0 aliphatic carbocycles. The first-order valence-electron chi connectivity index (χ1n) is 15.0. The minimum atomic E-state index is -2.05. The van der Waals surface area contributed by atoms with E-state index >= 15 is 4.39 Å². The summed E-state index contributed by atoms with van der Waals surface area (Å²) in [6.07, 6.45) is -0.618. The summed E-state index contributed by atoms with van der Waals surface area (Å²) < 4.78 is 52.3. The van der Waals surface area contributed by atoms with Crippen molar-refractivity contribution in [2.24, 2.45) is 11.3 Å². The predicted molar refractivity (Wildman–Crippen MR) is 167 cm³/mol. The van der Waals surface area contributed by atoms with E-state index in [1.807, 2.05) is 38.1 Å². The first kappa shape index (κ1) is 36.4. The van der Waals surface area contributed by atoms with Crippen LogP contribution in [0.25, 0.3) is 0 Å². The van der Waals surface area contributed by atoms with Crippen LogP contribution in [0.1, 0.15) is 81.2 Å². The molecule has 0 amide bonds. The lowest BCUT2D eigenvalue weighted by molar-refractivity contribution is -0.160. The number of ether oxygens (including phenoxy) is 5. The van der Waals surface area contributed by atoms with Gasteiger partial charge in [0.2, 0.25) is 0 Å². The van der Waals surface area contributed by atoms with E-state index in [4.69, 9.17) is 28.1 Å². The van der Waals surface area contributed by atoms with Crippen LogP contribution in [0.2, 0.25) is 18.1 Å². The maximum atomic E-state index is 16.3. The molecule has 240 valence electrons. The molecule has 42 heavy (non-hydrogen) atoms. The Morgan fingerprint density at radius 3 is 2.19 bits per heavy atom. The van der Waals surface area contributed by atoms with Crippen LogP contribution in [0.15, 0.2) is 36.2 Å². The Hall–Kier alpha value is -1.78. The average molecular weight is 611 g/mol. The largest absolute Gasteiger partial charge is 0.497 e. The zero-order valence-corrected chi connectivity index (χ0v) is 29.1. The molecule has 1 unspecified atom stereocenters. The lowest BCUT2D eigenvalue weighted by Gasteiger charge is -2.39. The smallest absolute Gasteiger partial charge is 0.311 e. The molecule has 1 saturated heterocycles. The van der Waals surface area contributed by atoms with Gasteiger partial charge in [0.1, 0.15) is 23.8 Å². The molecule has 0 radical (unpaired) electrons. The Bertz CT molecular complexity index is 1040. The lowest BCUT2D eigenvalue weighted by atomic mass is 9.97. The van der Waals surface area contributed by atoms with Crippen molar-refractivity contribution in [1.29, 1.82) is 0 Å². The molecule has 1 aromatic carbocycles. The number of rotatable bonds is 13. The molecule has 0 saturated carbocycles. The minimum absolute atomic E-state index is 0.0392. The summed E-state index contributed by atoms with van der Waals surface area (Å²) in [4.78, 5) is 12.3. The van der Waals surface area contributed by atoms with E-state index < -0.39 is 43.7 Å². The van der Waals surface area contributed by atoms with E-state index in [1.165, 1.54) is 0 Å². The van der Waals surface area contributed by atoms with E-state index in [9.17, 15) is 4.79 Å². The SMILES string of the molecule is COc1ccc(COC(C(F)=C[C@@H](C)[C@@H](C)O[Si](C)(C)C(C)(C)C)[C@H]2OC(C)(C)O[C@H]2CCOC(=O)C(C)(C)C)cc1. The predicted octanol–water partition coefficient (Wildman–Crippen LogP) is 7.98. The van der Waals surface area contributed by atoms with Crippen LogP contribution < -0.4 is 4.74 Å². The number of hydrogen-bond acceptors (Lipinski definition) is 7. The molecule has 7 nitrogen and oxygen atoms in total. The maximum Gasteiger partial charge on any atom is 0.311 e. The summed E-state index contributed by atoms with van der Waals surface area (Å²) in [7, 11) is -0.441. The first-order chi connectivity index (χ1) is 19.2. The highest BCUT2D eigenvalue weighted by atomic mass is 28.4. The zero-order valence-electron chi connectivity index (χ0n) is 28.1. The zero-order chi connectivity index (χ0) is 32.1. The van der Waals surface area contributed by atoms with Crippen LogP contribution in [0.4, 0.5) is 4.39 Å². The highest BCUT2D eigenvalue weighted by Crippen LogP contribution is 2.39. The Labute approximate surface area is 254 Å². The number of halogens is 1. The summed E-state index contributed by atoms with van der Waals surface area (Å²) >= 11 is 0. The number of benzene rings is 1. The van der Waals surface area contributed by atoms with Crippen molar-refractivity contribution >= 4 is 14.3 Å². The molecular weight excluding hydrogens is 555 g/mol. The van der Waals surface area contributed by atoms with Crippen LogP contribution in [-0.4, -0.2) is 58.2 Å². The van der Waals surface area contributed by atoms with Gasteiger partial charge in [0.05, 0.1) is 31.8 Å². The second kappa shape index (κ2) is 14.3. The van der Waals surface area contributed by atoms with Gasteiger partial charge in [0, 0.05) is 18.4 Å². The highest BCUT2D eigenvalue weighted by molar-refractivity contribution is 6.74. The fourth-order valence-corrected chi connectivity index (χ4v) is 5.79. The van der Waals surface area contributed by atoms with Gasteiger partial charge >= 0.3 is 5.97 Å².